The molecule has 12 heavy (non-hydrogen) atoms. The fourth-order valence-corrected chi connectivity index (χ4v) is 1.11. The number of rotatable bonds is 2. The van der Waals surface area contributed by atoms with Crippen LogP contribution in [-0.4, -0.2) is 6.54 Å². The van der Waals surface area contributed by atoms with Crippen LogP contribution in [0.1, 0.15) is 5.56 Å². The predicted molar refractivity (Wildman–Crippen MR) is 53.5 cm³/mol. The highest BCUT2D eigenvalue weighted by atomic mass is 35.5. The third-order valence-electron chi connectivity index (χ3n) is 1.50. The molecule has 0 spiro atoms. The van der Waals surface area contributed by atoms with E-state index in [9.17, 15) is 0 Å². The quantitative estimate of drug-likeness (QED) is 0.689. The van der Waals surface area contributed by atoms with Gasteiger partial charge in [-0.05, 0) is 24.6 Å². The van der Waals surface area contributed by atoms with E-state index < -0.39 is 0 Å². The first-order valence-corrected chi connectivity index (χ1v) is 4.05. The van der Waals surface area contributed by atoms with Gasteiger partial charge in [-0.2, -0.15) is 0 Å². The van der Waals surface area contributed by atoms with Crippen LogP contribution in [-0.2, 0) is 0 Å². The van der Waals surface area contributed by atoms with Crippen molar-refractivity contribution >= 4 is 17.3 Å². The maximum atomic E-state index is 5.90. The standard InChI is InChI=1S/C10H10ClN/c1-3-6-12-10-7-8(2)4-5-9(10)11/h1,4-5,7,12H,6H2,2H3. The van der Waals surface area contributed by atoms with E-state index in [0.717, 1.165) is 5.69 Å². The Balaban J connectivity index is 2.84. The number of aryl methyl sites for hydroxylation is 1. The Morgan fingerprint density at radius 1 is 1.58 bits per heavy atom. The van der Waals surface area contributed by atoms with Gasteiger partial charge in [0.15, 0.2) is 0 Å². The first-order chi connectivity index (χ1) is 5.74. The van der Waals surface area contributed by atoms with Crippen molar-refractivity contribution in [1.82, 2.24) is 0 Å². The predicted octanol–water partition coefficient (Wildman–Crippen LogP) is 2.69. The number of nitrogens with one attached hydrogen (secondary N) is 1. The van der Waals surface area contributed by atoms with Gasteiger partial charge in [0.2, 0.25) is 0 Å². The summed E-state index contributed by atoms with van der Waals surface area (Å²) >= 11 is 5.90. The molecule has 0 aliphatic rings. The fourth-order valence-electron chi connectivity index (χ4n) is 0.921. The average molecular weight is 180 g/mol. The topological polar surface area (TPSA) is 12.0 Å². The van der Waals surface area contributed by atoms with Gasteiger partial charge < -0.3 is 5.32 Å². The molecule has 1 aromatic rings. The molecule has 0 aromatic heterocycles. The number of terminal acetylenes is 1. The van der Waals surface area contributed by atoms with Crippen molar-refractivity contribution in [2.24, 2.45) is 0 Å². The van der Waals surface area contributed by atoms with Crippen molar-refractivity contribution in [3.63, 3.8) is 0 Å². The Bertz CT molecular complexity index is 312. The summed E-state index contributed by atoms with van der Waals surface area (Å²) in [5.41, 5.74) is 2.06. The molecule has 62 valence electrons. The lowest BCUT2D eigenvalue weighted by Crippen LogP contribution is -1.98. The molecule has 0 saturated carbocycles. The summed E-state index contributed by atoms with van der Waals surface area (Å²) in [4.78, 5) is 0. The first kappa shape index (κ1) is 8.96. The Morgan fingerprint density at radius 2 is 2.33 bits per heavy atom. The van der Waals surface area contributed by atoms with E-state index in [0.29, 0.717) is 11.6 Å². The molecule has 1 N–H and O–H groups in total. The Kier molecular flexibility index (Phi) is 3.01. The van der Waals surface area contributed by atoms with Gasteiger partial charge in [0, 0.05) is 0 Å². The van der Waals surface area contributed by atoms with Gasteiger partial charge in [-0.3, -0.25) is 0 Å². The van der Waals surface area contributed by atoms with Gasteiger partial charge in [-0.25, -0.2) is 0 Å². The van der Waals surface area contributed by atoms with E-state index in [1.54, 1.807) is 0 Å². The zero-order chi connectivity index (χ0) is 8.97. The van der Waals surface area contributed by atoms with E-state index >= 15 is 0 Å². The molecule has 2 heteroatoms. The van der Waals surface area contributed by atoms with Crippen LogP contribution in [0.25, 0.3) is 0 Å². The van der Waals surface area contributed by atoms with Gasteiger partial charge in [-0.1, -0.05) is 23.6 Å². The second-order valence-electron chi connectivity index (χ2n) is 2.54. The zero-order valence-corrected chi connectivity index (χ0v) is 7.65. The van der Waals surface area contributed by atoms with E-state index in [2.05, 4.69) is 11.2 Å². The van der Waals surface area contributed by atoms with E-state index in [4.69, 9.17) is 18.0 Å². The Labute approximate surface area is 77.7 Å². The van der Waals surface area contributed by atoms with Crippen molar-refractivity contribution < 1.29 is 0 Å². The lowest BCUT2D eigenvalue weighted by atomic mass is 10.2. The van der Waals surface area contributed by atoms with Gasteiger partial charge in [-0.15, -0.1) is 6.42 Å². The fraction of sp³-hybridized carbons (Fsp3) is 0.200. The monoisotopic (exact) mass is 179 g/mol. The van der Waals surface area contributed by atoms with Crippen molar-refractivity contribution in [2.75, 3.05) is 11.9 Å². The van der Waals surface area contributed by atoms with Gasteiger partial charge in [0.25, 0.3) is 0 Å². The Morgan fingerprint density at radius 3 is 3.00 bits per heavy atom. The maximum Gasteiger partial charge on any atom is 0.0763 e. The van der Waals surface area contributed by atoms with Crippen molar-refractivity contribution in [3.8, 4) is 12.3 Å². The molecular formula is C10H10ClN. The molecule has 0 fully saturated rings. The number of benzene rings is 1. The normalized spacial score (nSPS) is 9.08. The number of hydrogen-bond donors (Lipinski definition) is 1. The van der Waals surface area contributed by atoms with Crippen LogP contribution >= 0.6 is 11.6 Å². The Hall–Kier alpha value is -1.13. The molecule has 1 aromatic carbocycles. The van der Waals surface area contributed by atoms with Crippen LogP contribution in [0.3, 0.4) is 0 Å². The van der Waals surface area contributed by atoms with Crippen LogP contribution in [0.15, 0.2) is 18.2 Å². The van der Waals surface area contributed by atoms with Gasteiger partial charge in [0.1, 0.15) is 0 Å². The molecule has 0 heterocycles. The lowest BCUT2D eigenvalue weighted by molar-refractivity contribution is 1.36. The van der Waals surface area contributed by atoms with Crippen LogP contribution in [0.5, 0.6) is 0 Å². The van der Waals surface area contributed by atoms with Crippen LogP contribution in [0.4, 0.5) is 5.69 Å². The minimum Gasteiger partial charge on any atom is -0.373 e. The number of halogens is 1. The first-order valence-electron chi connectivity index (χ1n) is 3.67. The SMILES string of the molecule is C#CCNc1cc(C)ccc1Cl. The minimum atomic E-state index is 0.503. The summed E-state index contributed by atoms with van der Waals surface area (Å²) in [6.45, 7) is 2.51. The number of anilines is 1. The molecule has 0 unspecified atom stereocenters. The van der Waals surface area contributed by atoms with Crippen molar-refractivity contribution in [1.29, 1.82) is 0 Å². The summed E-state index contributed by atoms with van der Waals surface area (Å²) in [6, 6.07) is 5.79. The third-order valence-corrected chi connectivity index (χ3v) is 1.83. The molecule has 1 rings (SSSR count). The summed E-state index contributed by atoms with van der Waals surface area (Å²) in [5, 5.41) is 3.74. The molecule has 0 atom stereocenters. The maximum absolute atomic E-state index is 5.90. The highest BCUT2D eigenvalue weighted by Gasteiger charge is 1.97. The zero-order valence-electron chi connectivity index (χ0n) is 6.89. The van der Waals surface area contributed by atoms with Crippen molar-refractivity contribution in [3.05, 3.63) is 28.8 Å². The molecule has 0 amide bonds. The van der Waals surface area contributed by atoms with Gasteiger partial charge in [0.05, 0.1) is 17.3 Å². The summed E-state index contributed by atoms with van der Waals surface area (Å²) in [6.07, 6.45) is 5.11. The van der Waals surface area contributed by atoms with E-state index in [1.807, 2.05) is 25.1 Å². The molecule has 0 aliphatic carbocycles. The van der Waals surface area contributed by atoms with Crippen LogP contribution in [0.2, 0.25) is 5.02 Å². The second kappa shape index (κ2) is 4.04. The lowest BCUT2D eigenvalue weighted by Gasteiger charge is -2.05. The highest BCUT2D eigenvalue weighted by molar-refractivity contribution is 6.33. The average Bonchev–Trinajstić information content (AvgIpc) is 2.07. The van der Waals surface area contributed by atoms with E-state index in [1.165, 1.54) is 5.56 Å². The molecule has 1 nitrogen and oxygen atoms in total. The molecule has 0 radical (unpaired) electrons. The van der Waals surface area contributed by atoms with Crippen LogP contribution < -0.4 is 5.32 Å². The van der Waals surface area contributed by atoms with E-state index in [-0.39, 0.29) is 0 Å². The van der Waals surface area contributed by atoms with Crippen molar-refractivity contribution in [2.45, 2.75) is 6.92 Å². The summed E-state index contributed by atoms with van der Waals surface area (Å²) < 4.78 is 0. The summed E-state index contributed by atoms with van der Waals surface area (Å²) in [7, 11) is 0. The minimum absolute atomic E-state index is 0.503. The smallest absolute Gasteiger partial charge is 0.0763 e. The highest BCUT2D eigenvalue weighted by Crippen LogP contribution is 2.22. The molecule has 0 aliphatic heterocycles. The summed E-state index contributed by atoms with van der Waals surface area (Å²) in [5.74, 6) is 2.49. The van der Waals surface area contributed by atoms with Gasteiger partial charge >= 0.3 is 0 Å². The third kappa shape index (κ3) is 2.18. The molecular weight excluding hydrogens is 170 g/mol. The molecule has 0 bridgehead atoms. The number of hydrogen-bond acceptors (Lipinski definition) is 1. The second-order valence-corrected chi connectivity index (χ2v) is 2.95. The van der Waals surface area contributed by atoms with Crippen LogP contribution in [0, 0.1) is 19.3 Å². The largest absolute Gasteiger partial charge is 0.373 e. The molecule has 0 saturated heterocycles.